The summed E-state index contributed by atoms with van der Waals surface area (Å²) in [5.74, 6) is -0.631. The minimum Gasteiger partial charge on any atom is -0.494 e. The van der Waals surface area contributed by atoms with Crippen LogP contribution in [0.3, 0.4) is 0 Å². The minimum atomic E-state index is -0.645. The predicted molar refractivity (Wildman–Crippen MR) is 104 cm³/mol. The number of hydrogen-bond donors (Lipinski definition) is 0. The topological polar surface area (TPSA) is 86.1 Å². The molecule has 0 aliphatic carbocycles. The number of ether oxygens (including phenoxy) is 2. The van der Waals surface area contributed by atoms with Crippen LogP contribution in [0.4, 0.5) is 0 Å². The molecular formula is C22H19NO6. The fourth-order valence-corrected chi connectivity index (χ4v) is 3.39. The molecule has 0 atom stereocenters. The highest BCUT2D eigenvalue weighted by molar-refractivity contribution is 6.21. The van der Waals surface area contributed by atoms with Gasteiger partial charge in [-0.25, -0.2) is 4.79 Å². The number of furan rings is 1. The van der Waals surface area contributed by atoms with Crippen molar-refractivity contribution < 1.29 is 28.3 Å². The molecule has 2 aromatic carbocycles. The quantitative estimate of drug-likeness (QED) is 0.470. The molecule has 2 heterocycles. The Bertz CT molecular complexity index is 1090. The highest BCUT2D eigenvalue weighted by atomic mass is 16.5. The minimum absolute atomic E-state index is 0.0220. The van der Waals surface area contributed by atoms with Crippen LogP contribution in [0.5, 0.6) is 5.75 Å². The number of nitrogens with zero attached hydrogens (tertiary/aromatic N) is 1. The second-order valence-corrected chi connectivity index (χ2v) is 6.59. The van der Waals surface area contributed by atoms with E-state index >= 15 is 0 Å². The Labute approximate surface area is 166 Å². The Morgan fingerprint density at radius 3 is 2.41 bits per heavy atom. The second-order valence-electron chi connectivity index (χ2n) is 6.59. The molecule has 1 aromatic heterocycles. The number of amides is 2. The van der Waals surface area contributed by atoms with Gasteiger partial charge in [-0.3, -0.25) is 14.5 Å². The van der Waals surface area contributed by atoms with E-state index in [9.17, 15) is 14.4 Å². The molecule has 1 aliphatic rings. The summed E-state index contributed by atoms with van der Waals surface area (Å²) in [4.78, 5) is 38.2. The van der Waals surface area contributed by atoms with Crippen molar-refractivity contribution in [3.05, 3.63) is 64.9 Å². The van der Waals surface area contributed by atoms with Crippen molar-refractivity contribution in [2.75, 3.05) is 19.8 Å². The Morgan fingerprint density at radius 2 is 1.76 bits per heavy atom. The molecule has 0 bridgehead atoms. The number of aryl methyl sites for hydroxylation is 1. The number of carbonyl (C=O) groups excluding carboxylic acids is 3. The van der Waals surface area contributed by atoms with Crippen LogP contribution < -0.4 is 4.74 Å². The maximum absolute atomic E-state index is 12.5. The number of imide groups is 1. The zero-order chi connectivity index (χ0) is 20.5. The first-order valence-corrected chi connectivity index (χ1v) is 9.29. The van der Waals surface area contributed by atoms with Gasteiger partial charge in [-0.2, -0.15) is 0 Å². The molecule has 7 nitrogen and oxygen atoms in total. The summed E-state index contributed by atoms with van der Waals surface area (Å²) >= 11 is 0. The Kier molecular flexibility index (Phi) is 4.80. The number of rotatable bonds is 6. The van der Waals surface area contributed by atoms with Crippen molar-refractivity contribution in [1.29, 1.82) is 0 Å². The first-order valence-electron chi connectivity index (χ1n) is 9.29. The molecule has 0 radical (unpaired) electrons. The number of benzene rings is 2. The largest absolute Gasteiger partial charge is 0.494 e. The van der Waals surface area contributed by atoms with E-state index in [1.807, 2.05) is 13.0 Å². The van der Waals surface area contributed by atoms with Crippen LogP contribution in [0.1, 0.15) is 43.8 Å². The summed E-state index contributed by atoms with van der Waals surface area (Å²) in [5.41, 5.74) is 1.93. The summed E-state index contributed by atoms with van der Waals surface area (Å²) in [5, 5.41) is 0.767. The third-order valence-corrected chi connectivity index (χ3v) is 4.83. The zero-order valence-electron chi connectivity index (χ0n) is 16.1. The van der Waals surface area contributed by atoms with Gasteiger partial charge in [0, 0.05) is 10.9 Å². The lowest BCUT2D eigenvalue weighted by atomic mass is 10.1. The molecule has 29 heavy (non-hydrogen) atoms. The van der Waals surface area contributed by atoms with Gasteiger partial charge in [0.25, 0.3) is 11.8 Å². The second kappa shape index (κ2) is 7.43. The van der Waals surface area contributed by atoms with Crippen LogP contribution in [-0.4, -0.2) is 42.4 Å². The normalized spacial score (nSPS) is 13.1. The van der Waals surface area contributed by atoms with E-state index in [1.54, 1.807) is 43.3 Å². The molecule has 1 aliphatic heterocycles. The predicted octanol–water partition coefficient (Wildman–Crippen LogP) is 3.59. The third-order valence-electron chi connectivity index (χ3n) is 4.83. The van der Waals surface area contributed by atoms with Crippen LogP contribution in [0.25, 0.3) is 11.0 Å². The average molecular weight is 393 g/mol. The van der Waals surface area contributed by atoms with E-state index in [0.717, 1.165) is 10.3 Å². The zero-order valence-corrected chi connectivity index (χ0v) is 16.1. The van der Waals surface area contributed by atoms with Gasteiger partial charge >= 0.3 is 5.97 Å². The van der Waals surface area contributed by atoms with E-state index in [-0.39, 0.29) is 30.7 Å². The van der Waals surface area contributed by atoms with Gasteiger partial charge < -0.3 is 13.9 Å². The molecule has 0 N–H and O–H groups in total. The summed E-state index contributed by atoms with van der Waals surface area (Å²) < 4.78 is 16.4. The molecule has 0 spiro atoms. The molecule has 0 saturated heterocycles. The number of carbonyl (C=O) groups is 3. The van der Waals surface area contributed by atoms with Crippen molar-refractivity contribution in [2.45, 2.75) is 13.8 Å². The van der Waals surface area contributed by atoms with E-state index in [1.165, 1.54) is 0 Å². The van der Waals surface area contributed by atoms with Gasteiger partial charge in [-0.15, -0.1) is 0 Å². The maximum atomic E-state index is 12.5. The molecule has 148 valence electrons. The monoisotopic (exact) mass is 393 g/mol. The first-order chi connectivity index (χ1) is 14.0. The lowest BCUT2D eigenvalue weighted by molar-refractivity contribution is 0.0395. The summed E-state index contributed by atoms with van der Waals surface area (Å²) in [6.45, 7) is 4.05. The van der Waals surface area contributed by atoms with E-state index in [0.29, 0.717) is 34.6 Å². The lowest BCUT2D eigenvalue weighted by Crippen LogP contribution is -2.33. The van der Waals surface area contributed by atoms with Gasteiger partial charge in [0.2, 0.25) is 5.76 Å². The molecular weight excluding hydrogens is 374 g/mol. The fourth-order valence-electron chi connectivity index (χ4n) is 3.39. The van der Waals surface area contributed by atoms with Crippen LogP contribution in [-0.2, 0) is 4.74 Å². The number of esters is 1. The molecule has 4 rings (SSSR count). The number of fused-ring (bicyclic) bond motifs is 2. The van der Waals surface area contributed by atoms with E-state index in [4.69, 9.17) is 13.9 Å². The molecule has 0 unspecified atom stereocenters. The highest BCUT2D eigenvalue weighted by Gasteiger charge is 2.35. The van der Waals surface area contributed by atoms with Gasteiger partial charge in [0.15, 0.2) is 0 Å². The van der Waals surface area contributed by atoms with Gasteiger partial charge in [-0.05, 0) is 44.2 Å². The SMILES string of the molecule is CCOc1ccc2oc(C(=O)OCCN3C(=O)c4ccccc4C3=O)c(C)c2c1. The summed E-state index contributed by atoms with van der Waals surface area (Å²) in [6, 6.07) is 11.9. The van der Waals surface area contributed by atoms with E-state index in [2.05, 4.69) is 0 Å². The van der Waals surface area contributed by atoms with Crippen molar-refractivity contribution in [3.63, 3.8) is 0 Å². The van der Waals surface area contributed by atoms with Gasteiger partial charge in [-0.1, -0.05) is 12.1 Å². The van der Waals surface area contributed by atoms with Crippen molar-refractivity contribution in [3.8, 4) is 5.75 Å². The van der Waals surface area contributed by atoms with Crippen molar-refractivity contribution in [2.24, 2.45) is 0 Å². The highest BCUT2D eigenvalue weighted by Crippen LogP contribution is 2.29. The van der Waals surface area contributed by atoms with Crippen molar-refractivity contribution in [1.82, 2.24) is 4.90 Å². The van der Waals surface area contributed by atoms with E-state index < -0.39 is 5.97 Å². The lowest BCUT2D eigenvalue weighted by Gasteiger charge is -2.13. The van der Waals surface area contributed by atoms with Gasteiger partial charge in [0.05, 0.1) is 24.3 Å². The van der Waals surface area contributed by atoms with Crippen molar-refractivity contribution >= 4 is 28.8 Å². The Morgan fingerprint density at radius 1 is 1.07 bits per heavy atom. The smallest absolute Gasteiger partial charge is 0.374 e. The third kappa shape index (κ3) is 3.24. The van der Waals surface area contributed by atoms with Gasteiger partial charge in [0.1, 0.15) is 17.9 Å². The molecule has 3 aromatic rings. The molecule has 0 saturated carbocycles. The Balaban J connectivity index is 1.44. The average Bonchev–Trinajstić information content (AvgIpc) is 3.18. The molecule has 7 heteroatoms. The standard InChI is InChI=1S/C22H19NO6/c1-3-27-14-8-9-18-17(12-14)13(2)19(29-18)22(26)28-11-10-23-20(24)15-6-4-5-7-16(15)21(23)25/h4-9,12H,3,10-11H2,1-2H3. The van der Waals surface area contributed by atoms with Crippen LogP contribution >= 0.6 is 0 Å². The fraction of sp³-hybridized carbons (Fsp3) is 0.227. The van der Waals surface area contributed by atoms with Crippen LogP contribution in [0.15, 0.2) is 46.9 Å². The summed E-state index contributed by atoms with van der Waals surface area (Å²) in [7, 11) is 0. The molecule has 2 amide bonds. The summed E-state index contributed by atoms with van der Waals surface area (Å²) in [6.07, 6.45) is 0. The number of hydrogen-bond acceptors (Lipinski definition) is 6. The first kappa shape index (κ1) is 18.7. The molecule has 0 fully saturated rings. The maximum Gasteiger partial charge on any atom is 0.374 e. The van der Waals surface area contributed by atoms with Crippen LogP contribution in [0.2, 0.25) is 0 Å². The Hall–Kier alpha value is -3.61. The van der Waals surface area contributed by atoms with Crippen LogP contribution in [0, 0.1) is 6.92 Å².